The lowest BCUT2D eigenvalue weighted by molar-refractivity contribution is -0.162. The van der Waals surface area contributed by atoms with Crippen LogP contribution in [0.15, 0.2) is 49.2 Å². The average Bonchev–Trinajstić information content (AvgIpc) is 3.52. The van der Waals surface area contributed by atoms with E-state index in [1.165, 1.54) is 6.08 Å². The molecule has 6 rings (SSSR count). The number of fused-ring (bicyclic) bond motifs is 1. The van der Waals surface area contributed by atoms with Crippen LogP contribution < -0.4 is 4.74 Å². The summed E-state index contributed by atoms with van der Waals surface area (Å²) >= 11 is 6.97. The van der Waals surface area contributed by atoms with Crippen molar-refractivity contribution in [2.45, 2.75) is 32.7 Å². The first-order valence-electron chi connectivity index (χ1n) is 13.9. The highest BCUT2D eigenvalue weighted by Gasteiger charge is 2.56. The lowest BCUT2D eigenvalue weighted by Gasteiger charge is -2.59. The zero-order valence-electron chi connectivity index (χ0n) is 23.4. The number of aromatic nitrogens is 4. The van der Waals surface area contributed by atoms with Crippen LogP contribution in [-0.2, 0) is 9.59 Å². The highest BCUT2D eigenvalue weighted by atomic mass is 35.5. The van der Waals surface area contributed by atoms with Gasteiger partial charge in [-0.2, -0.15) is 10.2 Å². The first kappa shape index (κ1) is 28.0. The maximum absolute atomic E-state index is 12.8. The first-order chi connectivity index (χ1) is 20.2. The molecule has 3 heterocycles. The molecule has 218 valence electrons. The second-order valence-electron chi connectivity index (χ2n) is 11.4. The molecule has 0 radical (unpaired) electrons. The summed E-state index contributed by atoms with van der Waals surface area (Å²) in [4.78, 5) is 26.6. The minimum Gasteiger partial charge on any atom is -0.491 e. The molecule has 2 aromatic carbocycles. The van der Waals surface area contributed by atoms with Gasteiger partial charge >= 0.3 is 5.97 Å². The molecule has 1 spiro atoms. The van der Waals surface area contributed by atoms with Crippen LogP contribution in [0.5, 0.6) is 5.75 Å². The minimum absolute atomic E-state index is 0.0447. The molecule has 2 fully saturated rings. The molecule has 4 aromatic rings. The van der Waals surface area contributed by atoms with Crippen LogP contribution in [0.1, 0.15) is 30.1 Å². The largest absolute Gasteiger partial charge is 0.491 e. The van der Waals surface area contributed by atoms with Crippen LogP contribution in [0.25, 0.3) is 33.3 Å². The highest BCUT2D eigenvalue weighted by Crippen LogP contribution is 2.56. The summed E-state index contributed by atoms with van der Waals surface area (Å²) in [7, 11) is 0. The quantitative estimate of drug-likeness (QED) is 0.239. The van der Waals surface area contributed by atoms with Crippen molar-refractivity contribution in [2.75, 3.05) is 26.3 Å². The number of rotatable bonds is 9. The average molecular weight is 590 g/mol. The number of aliphatic hydroxyl groups excluding tert-OH is 1. The Morgan fingerprint density at radius 2 is 1.95 bits per heavy atom. The third-order valence-electron chi connectivity index (χ3n) is 8.64. The van der Waals surface area contributed by atoms with E-state index >= 15 is 0 Å². The second kappa shape index (κ2) is 10.6. The molecule has 2 aromatic heterocycles. The van der Waals surface area contributed by atoms with E-state index in [4.69, 9.17) is 26.5 Å². The predicted molar refractivity (Wildman–Crippen MR) is 158 cm³/mol. The number of H-pyrrole nitrogens is 1. The molecule has 3 N–H and O–H groups in total. The number of aryl methyl sites for hydroxylation is 1. The van der Waals surface area contributed by atoms with Gasteiger partial charge in [0.05, 0.1) is 23.3 Å². The predicted octanol–water partition coefficient (Wildman–Crippen LogP) is 4.79. The number of carbonyl (C=O) groups is 2. The molecule has 2 aliphatic rings. The lowest BCUT2D eigenvalue weighted by atomic mass is 9.56. The number of likely N-dealkylation sites (tertiary alicyclic amines) is 1. The summed E-state index contributed by atoms with van der Waals surface area (Å²) in [6, 6.07) is 8.38. The molecule has 1 unspecified atom stereocenters. The fourth-order valence-electron chi connectivity index (χ4n) is 6.70. The van der Waals surface area contributed by atoms with Gasteiger partial charge in [0.25, 0.3) is 0 Å². The number of hydrogen-bond acceptors (Lipinski definition) is 6. The monoisotopic (exact) mass is 589 g/mol. The van der Waals surface area contributed by atoms with Gasteiger partial charge in [0, 0.05) is 46.3 Å². The zero-order valence-corrected chi connectivity index (χ0v) is 24.2. The van der Waals surface area contributed by atoms with Crippen molar-refractivity contribution in [2.24, 2.45) is 11.3 Å². The second-order valence-corrected chi connectivity index (χ2v) is 11.8. The molecule has 11 heteroatoms. The third-order valence-corrected chi connectivity index (χ3v) is 9.13. The number of aromatic amines is 1. The normalized spacial score (nSPS) is 16.7. The van der Waals surface area contributed by atoms with Gasteiger partial charge in [-0.05, 0) is 74.6 Å². The Hall–Kier alpha value is -4.15. The zero-order chi connectivity index (χ0) is 29.8. The van der Waals surface area contributed by atoms with Crippen LogP contribution in [0.4, 0.5) is 0 Å². The van der Waals surface area contributed by atoms with Gasteiger partial charge in [0.1, 0.15) is 18.1 Å². The van der Waals surface area contributed by atoms with Crippen LogP contribution in [-0.4, -0.2) is 73.3 Å². The molecule has 42 heavy (non-hydrogen) atoms. The molecule has 1 saturated carbocycles. The van der Waals surface area contributed by atoms with Gasteiger partial charge in [-0.25, -0.2) is 4.79 Å². The number of carboxylic acids is 1. The Labute approximate surface area is 247 Å². The minimum atomic E-state index is -0.951. The number of nitrogens with one attached hydrogen (secondary N) is 1. The van der Waals surface area contributed by atoms with Gasteiger partial charge in [0.15, 0.2) is 6.04 Å². The topological polar surface area (TPSA) is 134 Å². The molecule has 1 saturated heterocycles. The molecular weight excluding hydrogens is 558 g/mol. The van der Waals surface area contributed by atoms with Gasteiger partial charge in [-0.15, -0.1) is 0 Å². The van der Waals surface area contributed by atoms with Crippen LogP contribution >= 0.6 is 11.6 Å². The lowest BCUT2D eigenvalue weighted by Crippen LogP contribution is -2.64. The number of aliphatic hydroxyl groups is 1. The highest BCUT2D eigenvalue weighted by molar-refractivity contribution is 6.36. The smallest absolute Gasteiger partial charge is 0.328 e. The van der Waals surface area contributed by atoms with E-state index in [1.54, 1.807) is 27.9 Å². The number of nitrogens with zero attached hydrogens (tertiary/aromatic N) is 4. The van der Waals surface area contributed by atoms with Gasteiger partial charge in [-0.3, -0.25) is 14.6 Å². The van der Waals surface area contributed by atoms with E-state index in [0.29, 0.717) is 48.1 Å². The Bertz CT molecular complexity index is 1690. The van der Waals surface area contributed by atoms with E-state index in [1.807, 2.05) is 32.0 Å². The van der Waals surface area contributed by atoms with Crippen molar-refractivity contribution in [3.05, 3.63) is 65.5 Å². The van der Waals surface area contributed by atoms with E-state index in [9.17, 15) is 14.7 Å². The Kier molecular flexibility index (Phi) is 7.06. The number of carboxylic acid groups (broad SMARTS) is 1. The number of benzene rings is 2. The van der Waals surface area contributed by atoms with Crippen molar-refractivity contribution in [1.82, 2.24) is 24.9 Å². The van der Waals surface area contributed by atoms with E-state index in [0.717, 1.165) is 33.2 Å². The summed E-state index contributed by atoms with van der Waals surface area (Å²) < 4.78 is 7.18. The first-order valence-corrected chi connectivity index (χ1v) is 14.2. The van der Waals surface area contributed by atoms with Crippen molar-refractivity contribution >= 4 is 34.4 Å². The summed E-state index contributed by atoms with van der Waals surface area (Å²) in [6.07, 6.45) is 4.43. The summed E-state index contributed by atoms with van der Waals surface area (Å²) in [6.45, 7) is 8.70. The molecule has 0 bridgehead atoms. The van der Waals surface area contributed by atoms with Crippen LogP contribution in [0.3, 0.4) is 0 Å². The fraction of sp³-hybridized carbons (Fsp3) is 0.355. The number of ether oxygens (including phenoxy) is 1. The number of halogens is 1. The van der Waals surface area contributed by atoms with Gasteiger partial charge in [-0.1, -0.05) is 18.2 Å². The molecule has 1 aliphatic carbocycles. The standard InChI is InChI=1S/C31H32ClN5O5/c1-4-24(39)36-15-31(16-36)12-20(13-31)29(30(40)41)37-18(3)25(26-22-14-33-34-23(22)11-17(2)27(26)32)28(35-37)19-5-7-21(8-6-19)42-10-9-38/h4-8,11,14,20,29,38H,1,9-10,12-13,15-16H2,2-3H3,(H,33,34)(H,40,41). The molecule has 1 aliphatic heterocycles. The molecule has 1 amide bonds. The number of aliphatic carboxylic acids is 1. The molecule has 10 nitrogen and oxygen atoms in total. The van der Waals surface area contributed by atoms with Crippen molar-refractivity contribution in [1.29, 1.82) is 0 Å². The van der Waals surface area contributed by atoms with Gasteiger partial charge < -0.3 is 19.8 Å². The van der Waals surface area contributed by atoms with E-state index in [-0.39, 0.29) is 30.5 Å². The Morgan fingerprint density at radius 1 is 1.24 bits per heavy atom. The van der Waals surface area contributed by atoms with Crippen molar-refractivity contribution in [3.63, 3.8) is 0 Å². The third kappa shape index (κ3) is 4.55. The SMILES string of the molecule is C=CC(=O)N1CC2(CC(C(C(=O)O)n3nc(-c4ccc(OCCO)cc4)c(-c4c(Cl)c(C)cc5[nH]ncc45)c3C)C2)C1. The Balaban J connectivity index is 1.44. The molecule has 1 atom stereocenters. The maximum Gasteiger partial charge on any atom is 0.328 e. The maximum atomic E-state index is 12.8. The van der Waals surface area contributed by atoms with Crippen LogP contribution in [0.2, 0.25) is 5.02 Å². The van der Waals surface area contributed by atoms with Gasteiger partial charge in [0.2, 0.25) is 5.91 Å². The van der Waals surface area contributed by atoms with Crippen LogP contribution in [0, 0.1) is 25.2 Å². The van der Waals surface area contributed by atoms with E-state index < -0.39 is 12.0 Å². The number of amides is 1. The Morgan fingerprint density at radius 3 is 2.60 bits per heavy atom. The molecular formula is C31H32ClN5O5. The summed E-state index contributed by atoms with van der Waals surface area (Å²) in [5.74, 6) is -0.583. The number of carbonyl (C=O) groups excluding carboxylic acids is 1. The van der Waals surface area contributed by atoms with E-state index in [2.05, 4.69) is 16.8 Å². The summed E-state index contributed by atoms with van der Waals surface area (Å²) in [5, 5.41) is 33.2. The summed E-state index contributed by atoms with van der Waals surface area (Å²) in [5.41, 5.74) is 5.16. The van der Waals surface area contributed by atoms with Crippen molar-refractivity contribution in [3.8, 4) is 28.1 Å². The number of hydrogen-bond donors (Lipinski definition) is 3. The fourth-order valence-corrected chi connectivity index (χ4v) is 6.95. The van der Waals surface area contributed by atoms with Crippen molar-refractivity contribution < 1.29 is 24.5 Å².